The molecule has 0 atom stereocenters. The van der Waals surface area contributed by atoms with E-state index in [1.807, 2.05) is 0 Å². The molecule has 0 radical (unpaired) electrons. The number of hydrogen-bond acceptors (Lipinski definition) is 2. The molecule has 0 saturated carbocycles. The van der Waals surface area contributed by atoms with Crippen molar-refractivity contribution in [2.45, 2.75) is 59.0 Å². The second kappa shape index (κ2) is 8.25. The lowest BCUT2D eigenvalue weighted by Gasteiger charge is -2.19. The average Bonchev–Trinajstić information content (AvgIpc) is 2.08. The standard InChI is InChI=1S/C12H27NO/c1-5-6-7-8-9-13-10-11-14-12(2,3)4/h13H,5-11H2,1-4H3. The molecular formula is C12H27NO. The van der Waals surface area contributed by atoms with Crippen molar-refractivity contribution < 1.29 is 4.74 Å². The molecule has 0 aromatic heterocycles. The molecule has 0 rings (SSSR count). The van der Waals surface area contributed by atoms with Crippen LogP contribution in [0.15, 0.2) is 0 Å². The third kappa shape index (κ3) is 11.9. The van der Waals surface area contributed by atoms with Crippen LogP contribution in [0.4, 0.5) is 0 Å². The predicted octanol–water partition coefficient (Wildman–Crippen LogP) is 2.97. The van der Waals surface area contributed by atoms with Gasteiger partial charge < -0.3 is 10.1 Å². The Kier molecular flexibility index (Phi) is 8.20. The average molecular weight is 201 g/mol. The first-order chi connectivity index (χ1) is 6.56. The van der Waals surface area contributed by atoms with Gasteiger partial charge in [0.2, 0.25) is 0 Å². The molecule has 0 fully saturated rings. The van der Waals surface area contributed by atoms with E-state index in [1.54, 1.807) is 0 Å². The lowest BCUT2D eigenvalue weighted by molar-refractivity contribution is -0.000757. The van der Waals surface area contributed by atoms with Crippen LogP contribution in [-0.4, -0.2) is 25.3 Å². The molecule has 2 heteroatoms. The number of nitrogens with one attached hydrogen (secondary N) is 1. The number of hydrogen-bond donors (Lipinski definition) is 1. The molecule has 0 aliphatic rings. The van der Waals surface area contributed by atoms with Crippen molar-refractivity contribution >= 4 is 0 Å². The molecule has 86 valence electrons. The van der Waals surface area contributed by atoms with Crippen molar-refractivity contribution in [3.05, 3.63) is 0 Å². The number of ether oxygens (including phenoxy) is 1. The van der Waals surface area contributed by atoms with Gasteiger partial charge in [-0.15, -0.1) is 0 Å². The Balaban J connectivity index is 2.99. The van der Waals surface area contributed by atoms with E-state index < -0.39 is 0 Å². The SMILES string of the molecule is CCCCCCNCCOC(C)(C)C. The Bertz CT molecular complexity index is 118. The molecule has 0 aromatic carbocycles. The van der Waals surface area contributed by atoms with Gasteiger partial charge in [0.15, 0.2) is 0 Å². The highest BCUT2D eigenvalue weighted by molar-refractivity contribution is 4.59. The Labute approximate surface area is 89.4 Å². The van der Waals surface area contributed by atoms with Gasteiger partial charge >= 0.3 is 0 Å². The van der Waals surface area contributed by atoms with E-state index in [0.717, 1.165) is 19.7 Å². The zero-order valence-electron chi connectivity index (χ0n) is 10.4. The summed E-state index contributed by atoms with van der Waals surface area (Å²) in [5.74, 6) is 0. The van der Waals surface area contributed by atoms with Gasteiger partial charge in [0.25, 0.3) is 0 Å². The summed E-state index contributed by atoms with van der Waals surface area (Å²) in [6.07, 6.45) is 5.32. The molecular weight excluding hydrogens is 174 g/mol. The number of unbranched alkanes of at least 4 members (excludes halogenated alkanes) is 3. The maximum atomic E-state index is 5.59. The molecule has 0 saturated heterocycles. The van der Waals surface area contributed by atoms with Crippen LogP contribution in [0.25, 0.3) is 0 Å². The van der Waals surface area contributed by atoms with E-state index in [1.165, 1.54) is 25.7 Å². The lowest BCUT2D eigenvalue weighted by Crippen LogP contribution is -2.27. The van der Waals surface area contributed by atoms with Crippen LogP contribution in [0.5, 0.6) is 0 Å². The van der Waals surface area contributed by atoms with Crippen LogP contribution in [0.3, 0.4) is 0 Å². The third-order valence-electron chi connectivity index (χ3n) is 2.02. The van der Waals surface area contributed by atoms with Gasteiger partial charge in [-0.05, 0) is 33.7 Å². The smallest absolute Gasteiger partial charge is 0.0599 e. The van der Waals surface area contributed by atoms with Crippen molar-refractivity contribution in [3.63, 3.8) is 0 Å². The highest BCUT2D eigenvalue weighted by Crippen LogP contribution is 2.05. The summed E-state index contributed by atoms with van der Waals surface area (Å²) >= 11 is 0. The monoisotopic (exact) mass is 201 g/mol. The summed E-state index contributed by atoms with van der Waals surface area (Å²) in [5, 5.41) is 3.39. The first kappa shape index (κ1) is 13.9. The van der Waals surface area contributed by atoms with Gasteiger partial charge in [0, 0.05) is 6.54 Å². The largest absolute Gasteiger partial charge is 0.375 e. The van der Waals surface area contributed by atoms with E-state index in [4.69, 9.17) is 4.74 Å². The van der Waals surface area contributed by atoms with Crippen LogP contribution in [0, 0.1) is 0 Å². The molecule has 0 heterocycles. The maximum Gasteiger partial charge on any atom is 0.0599 e. The molecule has 0 amide bonds. The van der Waals surface area contributed by atoms with Crippen LogP contribution in [0.1, 0.15) is 53.4 Å². The summed E-state index contributed by atoms with van der Waals surface area (Å²) in [4.78, 5) is 0. The second-order valence-electron chi connectivity index (χ2n) is 4.77. The Morgan fingerprint density at radius 2 is 1.71 bits per heavy atom. The molecule has 0 aromatic rings. The van der Waals surface area contributed by atoms with Crippen molar-refractivity contribution in [2.75, 3.05) is 19.7 Å². The van der Waals surface area contributed by atoms with Crippen LogP contribution in [0.2, 0.25) is 0 Å². The van der Waals surface area contributed by atoms with Gasteiger partial charge in [-0.3, -0.25) is 0 Å². The molecule has 0 spiro atoms. The molecule has 1 N–H and O–H groups in total. The molecule has 0 aliphatic carbocycles. The summed E-state index contributed by atoms with van der Waals surface area (Å²) in [5.41, 5.74) is 0.00386. The van der Waals surface area contributed by atoms with E-state index in [0.29, 0.717) is 0 Å². The van der Waals surface area contributed by atoms with Crippen molar-refractivity contribution in [1.29, 1.82) is 0 Å². The maximum absolute atomic E-state index is 5.59. The summed E-state index contributed by atoms with van der Waals surface area (Å²) in [6.45, 7) is 11.4. The fourth-order valence-corrected chi connectivity index (χ4v) is 1.23. The van der Waals surface area contributed by atoms with E-state index in [-0.39, 0.29) is 5.60 Å². The Morgan fingerprint density at radius 1 is 1.00 bits per heavy atom. The van der Waals surface area contributed by atoms with Crippen LogP contribution >= 0.6 is 0 Å². The quantitative estimate of drug-likeness (QED) is 0.610. The van der Waals surface area contributed by atoms with E-state index in [2.05, 4.69) is 33.0 Å². The van der Waals surface area contributed by atoms with Crippen LogP contribution < -0.4 is 5.32 Å². The fourth-order valence-electron chi connectivity index (χ4n) is 1.23. The Morgan fingerprint density at radius 3 is 2.29 bits per heavy atom. The minimum absolute atomic E-state index is 0.00386. The van der Waals surface area contributed by atoms with Crippen molar-refractivity contribution in [3.8, 4) is 0 Å². The molecule has 0 bridgehead atoms. The van der Waals surface area contributed by atoms with E-state index in [9.17, 15) is 0 Å². The van der Waals surface area contributed by atoms with Crippen molar-refractivity contribution in [1.82, 2.24) is 5.32 Å². The van der Waals surface area contributed by atoms with Gasteiger partial charge in [0.1, 0.15) is 0 Å². The zero-order chi connectivity index (χ0) is 10.9. The zero-order valence-corrected chi connectivity index (χ0v) is 10.4. The van der Waals surface area contributed by atoms with Crippen LogP contribution in [-0.2, 0) is 4.74 Å². The normalized spacial score (nSPS) is 12.0. The molecule has 2 nitrogen and oxygen atoms in total. The molecule has 14 heavy (non-hydrogen) atoms. The highest BCUT2D eigenvalue weighted by atomic mass is 16.5. The fraction of sp³-hybridized carbons (Fsp3) is 1.00. The summed E-state index contributed by atoms with van der Waals surface area (Å²) < 4.78 is 5.59. The van der Waals surface area contributed by atoms with Crippen molar-refractivity contribution in [2.24, 2.45) is 0 Å². The first-order valence-electron chi connectivity index (χ1n) is 5.91. The topological polar surface area (TPSA) is 21.3 Å². The summed E-state index contributed by atoms with van der Waals surface area (Å²) in [7, 11) is 0. The highest BCUT2D eigenvalue weighted by Gasteiger charge is 2.08. The summed E-state index contributed by atoms with van der Waals surface area (Å²) in [6, 6.07) is 0. The minimum Gasteiger partial charge on any atom is -0.375 e. The molecule has 0 unspecified atom stereocenters. The second-order valence-corrected chi connectivity index (χ2v) is 4.77. The van der Waals surface area contributed by atoms with E-state index >= 15 is 0 Å². The predicted molar refractivity (Wildman–Crippen MR) is 62.7 cm³/mol. The van der Waals surface area contributed by atoms with Gasteiger partial charge in [-0.25, -0.2) is 0 Å². The minimum atomic E-state index is 0.00386. The first-order valence-corrected chi connectivity index (χ1v) is 5.91. The third-order valence-corrected chi connectivity index (χ3v) is 2.02. The lowest BCUT2D eigenvalue weighted by atomic mass is 10.2. The molecule has 0 aliphatic heterocycles. The number of rotatable bonds is 8. The van der Waals surface area contributed by atoms with Gasteiger partial charge in [-0.2, -0.15) is 0 Å². The Hall–Kier alpha value is -0.0800. The van der Waals surface area contributed by atoms with Gasteiger partial charge in [0.05, 0.1) is 12.2 Å². The van der Waals surface area contributed by atoms with Gasteiger partial charge in [-0.1, -0.05) is 26.2 Å².